The van der Waals surface area contributed by atoms with Gasteiger partial charge in [-0.05, 0) is 42.5 Å². The molecular formula is C21H13Cl2N3O5. The third-order valence-electron chi connectivity index (χ3n) is 3.99. The molecular weight excluding hydrogens is 445 g/mol. The lowest BCUT2D eigenvalue weighted by molar-refractivity contribution is -0.385. The van der Waals surface area contributed by atoms with E-state index in [0.717, 1.165) is 6.21 Å². The summed E-state index contributed by atoms with van der Waals surface area (Å²) in [5.41, 5.74) is 2.30. The number of carbonyl (C=O) groups is 2. The van der Waals surface area contributed by atoms with Gasteiger partial charge in [0.05, 0.1) is 21.7 Å². The lowest BCUT2D eigenvalue weighted by Crippen LogP contribution is -2.17. The van der Waals surface area contributed by atoms with Crippen molar-refractivity contribution in [2.45, 2.75) is 0 Å². The molecule has 3 rings (SSSR count). The number of ether oxygens (including phenoxy) is 1. The summed E-state index contributed by atoms with van der Waals surface area (Å²) >= 11 is 11.8. The molecule has 0 unspecified atom stereocenters. The third kappa shape index (κ3) is 5.44. The van der Waals surface area contributed by atoms with Gasteiger partial charge >= 0.3 is 11.7 Å². The molecule has 1 N–H and O–H groups in total. The average molecular weight is 458 g/mol. The van der Waals surface area contributed by atoms with Crippen LogP contribution in [0.4, 0.5) is 5.69 Å². The highest BCUT2D eigenvalue weighted by molar-refractivity contribution is 6.33. The Kier molecular flexibility index (Phi) is 6.96. The normalized spacial score (nSPS) is 10.6. The number of hydrogen-bond donors (Lipinski definition) is 1. The molecule has 0 spiro atoms. The van der Waals surface area contributed by atoms with Gasteiger partial charge in [0.15, 0.2) is 0 Å². The predicted molar refractivity (Wildman–Crippen MR) is 116 cm³/mol. The number of esters is 1. The van der Waals surface area contributed by atoms with Crippen molar-refractivity contribution < 1.29 is 19.2 Å². The van der Waals surface area contributed by atoms with Crippen molar-refractivity contribution in [3.05, 3.63) is 104 Å². The Balaban J connectivity index is 1.85. The molecule has 8 nitrogen and oxygen atoms in total. The summed E-state index contributed by atoms with van der Waals surface area (Å²) in [4.78, 5) is 35.4. The Morgan fingerprint density at radius 3 is 2.39 bits per heavy atom. The SMILES string of the molecule is O=C(N/N=C/c1cccc([N+](=O)[O-])c1OC(=O)c1ccccc1Cl)c1ccc(Cl)cc1. The molecule has 0 aliphatic rings. The first-order valence-electron chi connectivity index (χ1n) is 8.70. The molecule has 0 aliphatic carbocycles. The van der Waals surface area contributed by atoms with Crippen LogP contribution in [-0.4, -0.2) is 23.0 Å². The van der Waals surface area contributed by atoms with Crippen molar-refractivity contribution in [2.75, 3.05) is 0 Å². The van der Waals surface area contributed by atoms with E-state index in [0.29, 0.717) is 10.6 Å². The number of nitrogens with zero attached hydrogens (tertiary/aromatic N) is 2. The monoisotopic (exact) mass is 457 g/mol. The number of para-hydroxylation sites is 1. The van der Waals surface area contributed by atoms with Gasteiger partial charge in [0.25, 0.3) is 5.91 Å². The topological polar surface area (TPSA) is 111 Å². The van der Waals surface area contributed by atoms with Gasteiger partial charge in [-0.15, -0.1) is 0 Å². The zero-order valence-electron chi connectivity index (χ0n) is 15.6. The van der Waals surface area contributed by atoms with E-state index in [2.05, 4.69) is 10.5 Å². The van der Waals surface area contributed by atoms with E-state index in [1.807, 2.05) is 0 Å². The number of nitrogens with one attached hydrogen (secondary N) is 1. The lowest BCUT2D eigenvalue weighted by atomic mass is 10.2. The molecule has 0 saturated carbocycles. The van der Waals surface area contributed by atoms with Crippen LogP contribution in [0.2, 0.25) is 10.0 Å². The minimum Gasteiger partial charge on any atom is -0.415 e. The second-order valence-corrected chi connectivity index (χ2v) is 6.87. The van der Waals surface area contributed by atoms with Crippen LogP contribution in [0.15, 0.2) is 71.8 Å². The smallest absolute Gasteiger partial charge is 0.345 e. The fourth-order valence-corrected chi connectivity index (χ4v) is 2.84. The number of amides is 1. The van der Waals surface area contributed by atoms with Gasteiger partial charge in [0, 0.05) is 22.2 Å². The Bertz CT molecular complexity index is 1180. The van der Waals surface area contributed by atoms with Gasteiger partial charge in [0.2, 0.25) is 5.75 Å². The summed E-state index contributed by atoms with van der Waals surface area (Å²) in [5.74, 6) is -1.73. The fourth-order valence-electron chi connectivity index (χ4n) is 2.50. The van der Waals surface area contributed by atoms with Crippen molar-refractivity contribution in [3.63, 3.8) is 0 Å². The number of benzene rings is 3. The van der Waals surface area contributed by atoms with Crippen LogP contribution in [0.25, 0.3) is 0 Å². The number of rotatable bonds is 6. The van der Waals surface area contributed by atoms with Crippen molar-refractivity contribution in [2.24, 2.45) is 5.10 Å². The van der Waals surface area contributed by atoms with E-state index in [-0.39, 0.29) is 21.9 Å². The van der Waals surface area contributed by atoms with E-state index in [1.165, 1.54) is 42.5 Å². The highest BCUT2D eigenvalue weighted by atomic mass is 35.5. The molecule has 0 fully saturated rings. The molecule has 3 aromatic rings. The maximum Gasteiger partial charge on any atom is 0.345 e. The molecule has 0 aliphatic heterocycles. The highest BCUT2D eigenvalue weighted by Crippen LogP contribution is 2.31. The zero-order valence-corrected chi connectivity index (χ0v) is 17.1. The Morgan fingerprint density at radius 2 is 1.71 bits per heavy atom. The number of hydrogen-bond acceptors (Lipinski definition) is 6. The van der Waals surface area contributed by atoms with E-state index < -0.39 is 22.5 Å². The summed E-state index contributed by atoms with van der Waals surface area (Å²) in [6.07, 6.45) is 1.13. The first-order chi connectivity index (χ1) is 14.9. The highest BCUT2D eigenvalue weighted by Gasteiger charge is 2.23. The molecule has 3 aromatic carbocycles. The minimum absolute atomic E-state index is 0.0428. The molecule has 0 aromatic heterocycles. The lowest BCUT2D eigenvalue weighted by Gasteiger charge is -2.09. The summed E-state index contributed by atoms with van der Waals surface area (Å²) in [5, 5.41) is 15.8. The molecule has 0 atom stereocenters. The molecule has 0 radical (unpaired) electrons. The number of halogens is 2. The summed E-state index contributed by atoms with van der Waals surface area (Å²) in [6, 6.07) is 16.3. The van der Waals surface area contributed by atoms with E-state index in [4.69, 9.17) is 27.9 Å². The van der Waals surface area contributed by atoms with Crippen LogP contribution < -0.4 is 10.2 Å². The van der Waals surface area contributed by atoms with Gasteiger partial charge in [-0.2, -0.15) is 5.10 Å². The second kappa shape index (κ2) is 9.84. The average Bonchev–Trinajstić information content (AvgIpc) is 2.75. The van der Waals surface area contributed by atoms with Crippen LogP contribution in [0, 0.1) is 10.1 Å². The maximum atomic E-state index is 12.5. The first kappa shape index (κ1) is 21.9. The number of hydrazone groups is 1. The standard InChI is InChI=1S/C21H13Cl2N3O5/c22-15-10-8-13(9-11-15)20(27)25-24-12-14-4-3-7-18(26(29)30)19(14)31-21(28)16-5-1-2-6-17(16)23/h1-12H,(H,25,27)/b24-12+. The number of nitro groups is 1. The molecule has 10 heteroatoms. The second-order valence-electron chi connectivity index (χ2n) is 6.03. The third-order valence-corrected chi connectivity index (χ3v) is 4.57. The van der Waals surface area contributed by atoms with Gasteiger partial charge in [-0.25, -0.2) is 10.2 Å². The quantitative estimate of drug-likeness (QED) is 0.186. The summed E-state index contributed by atoms with van der Waals surface area (Å²) in [7, 11) is 0. The molecule has 156 valence electrons. The van der Waals surface area contributed by atoms with Gasteiger partial charge < -0.3 is 4.74 Å². The van der Waals surface area contributed by atoms with Crippen LogP contribution in [-0.2, 0) is 0 Å². The number of carbonyl (C=O) groups excluding carboxylic acids is 2. The maximum absolute atomic E-state index is 12.5. The van der Waals surface area contributed by atoms with Gasteiger partial charge in [-0.1, -0.05) is 41.4 Å². The van der Waals surface area contributed by atoms with Crippen LogP contribution >= 0.6 is 23.2 Å². The molecule has 0 saturated heterocycles. The van der Waals surface area contributed by atoms with Crippen LogP contribution in [0.5, 0.6) is 5.75 Å². The largest absolute Gasteiger partial charge is 0.415 e. The minimum atomic E-state index is -0.875. The molecule has 0 heterocycles. The zero-order chi connectivity index (χ0) is 22.4. The van der Waals surface area contributed by atoms with Crippen molar-refractivity contribution in [1.29, 1.82) is 0 Å². The van der Waals surface area contributed by atoms with Gasteiger partial charge in [-0.3, -0.25) is 14.9 Å². The van der Waals surface area contributed by atoms with Crippen LogP contribution in [0.1, 0.15) is 26.3 Å². The van der Waals surface area contributed by atoms with Crippen LogP contribution in [0.3, 0.4) is 0 Å². The Hall–Kier alpha value is -3.75. The molecule has 1 amide bonds. The Labute approximate surface area is 186 Å². The predicted octanol–water partition coefficient (Wildman–Crippen LogP) is 4.88. The fraction of sp³-hybridized carbons (Fsp3) is 0. The van der Waals surface area contributed by atoms with Gasteiger partial charge in [0.1, 0.15) is 0 Å². The summed E-state index contributed by atoms with van der Waals surface area (Å²) in [6.45, 7) is 0. The molecule has 0 bridgehead atoms. The Morgan fingerprint density at radius 1 is 1.00 bits per heavy atom. The molecule has 31 heavy (non-hydrogen) atoms. The van der Waals surface area contributed by atoms with E-state index in [9.17, 15) is 19.7 Å². The van der Waals surface area contributed by atoms with Crippen molar-refractivity contribution in [3.8, 4) is 5.75 Å². The van der Waals surface area contributed by atoms with E-state index in [1.54, 1.807) is 24.3 Å². The van der Waals surface area contributed by atoms with E-state index >= 15 is 0 Å². The summed E-state index contributed by atoms with van der Waals surface area (Å²) < 4.78 is 5.28. The van der Waals surface area contributed by atoms with Crippen molar-refractivity contribution in [1.82, 2.24) is 5.43 Å². The number of nitro benzene ring substituents is 1. The first-order valence-corrected chi connectivity index (χ1v) is 9.45. The van der Waals surface area contributed by atoms with Crippen molar-refractivity contribution >= 4 is 47.0 Å².